The molecule has 2 aromatic rings. The van der Waals surface area contributed by atoms with E-state index in [0.29, 0.717) is 23.3 Å². The molecule has 26 heavy (non-hydrogen) atoms. The largest absolute Gasteiger partial charge is 0.487 e. The Morgan fingerprint density at radius 3 is 2.58 bits per heavy atom. The molecule has 138 valence electrons. The normalized spacial score (nSPS) is 16.5. The van der Waals surface area contributed by atoms with Gasteiger partial charge >= 0.3 is 0 Å². The summed E-state index contributed by atoms with van der Waals surface area (Å²) in [7, 11) is 0. The quantitative estimate of drug-likeness (QED) is 0.637. The van der Waals surface area contributed by atoms with Crippen molar-refractivity contribution >= 4 is 23.5 Å². The number of piperazine rings is 1. The van der Waals surface area contributed by atoms with Crippen molar-refractivity contribution < 1.29 is 4.74 Å². The molecule has 3 rings (SSSR count). The van der Waals surface area contributed by atoms with Gasteiger partial charge in [-0.3, -0.25) is 0 Å². The smallest absolute Gasteiger partial charge is 0.225 e. The lowest BCUT2D eigenvalue weighted by atomic mass is 10.3. The number of ether oxygens (including phenoxy) is 1. The van der Waals surface area contributed by atoms with E-state index in [9.17, 15) is 0 Å². The topological polar surface area (TPSA) is 79.9 Å². The number of para-hydroxylation sites is 1. The summed E-state index contributed by atoms with van der Waals surface area (Å²) in [6.07, 6.45) is 3.39. The zero-order valence-electron chi connectivity index (χ0n) is 14.8. The van der Waals surface area contributed by atoms with Gasteiger partial charge in [0.2, 0.25) is 5.95 Å². The minimum Gasteiger partial charge on any atom is -0.487 e. The van der Waals surface area contributed by atoms with E-state index in [1.807, 2.05) is 31.2 Å². The molecule has 8 heteroatoms. The molecule has 0 saturated carbocycles. The van der Waals surface area contributed by atoms with E-state index in [1.165, 1.54) is 0 Å². The maximum atomic E-state index is 6.15. The summed E-state index contributed by atoms with van der Waals surface area (Å²) >= 11 is 6.11. The Bertz CT molecular complexity index is 733. The van der Waals surface area contributed by atoms with Crippen molar-refractivity contribution in [3.8, 4) is 5.75 Å². The zero-order valence-corrected chi connectivity index (χ0v) is 15.5. The van der Waals surface area contributed by atoms with Crippen LogP contribution in [0.25, 0.3) is 0 Å². The molecular formula is C18H23ClN6O. The number of nitrogens with zero attached hydrogens (tertiary/aromatic N) is 5. The van der Waals surface area contributed by atoms with Gasteiger partial charge < -0.3 is 20.3 Å². The number of anilines is 1. The van der Waals surface area contributed by atoms with Gasteiger partial charge in [-0.05, 0) is 25.1 Å². The molecule has 0 radical (unpaired) electrons. The minimum absolute atomic E-state index is 0.118. The van der Waals surface area contributed by atoms with Crippen LogP contribution in [-0.2, 0) is 0 Å². The predicted molar refractivity (Wildman–Crippen MR) is 104 cm³/mol. The van der Waals surface area contributed by atoms with Crippen molar-refractivity contribution in [2.45, 2.75) is 13.0 Å². The summed E-state index contributed by atoms with van der Waals surface area (Å²) in [5.74, 6) is 1.95. The second-order valence-electron chi connectivity index (χ2n) is 6.08. The van der Waals surface area contributed by atoms with Gasteiger partial charge in [0.1, 0.15) is 11.9 Å². The number of aliphatic imine (C=N–C) groups is 1. The van der Waals surface area contributed by atoms with Crippen LogP contribution in [0.5, 0.6) is 5.75 Å². The number of benzene rings is 1. The van der Waals surface area contributed by atoms with Gasteiger partial charge in [-0.15, -0.1) is 0 Å². The van der Waals surface area contributed by atoms with Crippen LogP contribution >= 0.6 is 11.6 Å². The molecule has 1 fully saturated rings. The van der Waals surface area contributed by atoms with Crippen molar-refractivity contribution in [2.75, 3.05) is 37.6 Å². The monoisotopic (exact) mass is 374 g/mol. The van der Waals surface area contributed by atoms with E-state index in [0.717, 1.165) is 32.1 Å². The third-order valence-electron chi connectivity index (χ3n) is 4.11. The molecule has 1 aromatic heterocycles. The first kappa shape index (κ1) is 18.3. The molecule has 7 nitrogen and oxygen atoms in total. The lowest BCUT2D eigenvalue weighted by Crippen LogP contribution is -2.51. The highest BCUT2D eigenvalue weighted by atomic mass is 35.5. The highest BCUT2D eigenvalue weighted by Crippen LogP contribution is 2.24. The van der Waals surface area contributed by atoms with Gasteiger partial charge in [-0.1, -0.05) is 23.7 Å². The number of rotatable bonds is 5. The Morgan fingerprint density at radius 1 is 1.19 bits per heavy atom. The predicted octanol–water partition coefficient (Wildman–Crippen LogP) is 2.03. The van der Waals surface area contributed by atoms with Gasteiger partial charge in [0, 0.05) is 38.6 Å². The van der Waals surface area contributed by atoms with Crippen molar-refractivity contribution in [1.82, 2.24) is 14.9 Å². The number of hydrogen-bond donors (Lipinski definition) is 1. The van der Waals surface area contributed by atoms with Crippen LogP contribution in [0.15, 0.2) is 47.7 Å². The van der Waals surface area contributed by atoms with Crippen molar-refractivity contribution in [3.63, 3.8) is 0 Å². The molecule has 0 amide bonds. The Balaban J connectivity index is 1.48. The van der Waals surface area contributed by atoms with E-state index in [2.05, 4.69) is 24.8 Å². The number of guanidine groups is 1. The molecule has 1 atom stereocenters. The molecule has 1 saturated heterocycles. The number of halogens is 1. The SMILES string of the molecule is CC(CN=C(N)N1CCN(c2ncccn2)CC1)Oc1ccccc1Cl. The summed E-state index contributed by atoms with van der Waals surface area (Å²) in [5.41, 5.74) is 6.15. The fraction of sp³-hybridized carbons (Fsp3) is 0.389. The molecule has 2 N–H and O–H groups in total. The molecule has 1 aliphatic heterocycles. The van der Waals surface area contributed by atoms with Crippen molar-refractivity contribution in [2.24, 2.45) is 10.7 Å². The van der Waals surface area contributed by atoms with Crippen LogP contribution in [0.3, 0.4) is 0 Å². The first-order valence-corrected chi connectivity index (χ1v) is 8.99. The molecule has 0 bridgehead atoms. The number of nitrogens with two attached hydrogens (primary N) is 1. The molecule has 1 aromatic carbocycles. The van der Waals surface area contributed by atoms with Crippen molar-refractivity contribution in [1.29, 1.82) is 0 Å². The Labute approximate surface area is 158 Å². The minimum atomic E-state index is -0.118. The fourth-order valence-corrected chi connectivity index (χ4v) is 2.89. The second-order valence-corrected chi connectivity index (χ2v) is 6.49. The van der Waals surface area contributed by atoms with E-state index in [-0.39, 0.29) is 6.10 Å². The van der Waals surface area contributed by atoms with Crippen LogP contribution in [0.2, 0.25) is 5.02 Å². The summed E-state index contributed by atoms with van der Waals surface area (Å²) < 4.78 is 5.82. The lowest BCUT2D eigenvalue weighted by molar-refractivity contribution is 0.229. The summed E-state index contributed by atoms with van der Waals surface area (Å²) in [4.78, 5) is 17.3. The highest BCUT2D eigenvalue weighted by molar-refractivity contribution is 6.32. The van der Waals surface area contributed by atoms with E-state index >= 15 is 0 Å². The van der Waals surface area contributed by atoms with Crippen LogP contribution in [0, 0.1) is 0 Å². The summed E-state index contributed by atoms with van der Waals surface area (Å²) in [6.45, 7) is 5.61. The molecular weight excluding hydrogens is 352 g/mol. The van der Waals surface area contributed by atoms with E-state index in [1.54, 1.807) is 18.5 Å². The first-order valence-electron chi connectivity index (χ1n) is 8.61. The molecule has 0 aliphatic carbocycles. The van der Waals surface area contributed by atoms with Gasteiger partial charge in [0.15, 0.2) is 5.96 Å². The Kier molecular flexibility index (Phi) is 6.12. The third-order valence-corrected chi connectivity index (χ3v) is 4.43. The first-order chi connectivity index (χ1) is 12.6. The number of aromatic nitrogens is 2. The second kappa shape index (κ2) is 8.71. The maximum Gasteiger partial charge on any atom is 0.225 e. The van der Waals surface area contributed by atoms with Gasteiger partial charge in [-0.25, -0.2) is 15.0 Å². The molecule has 2 heterocycles. The standard InChI is InChI=1S/C18H23ClN6O/c1-14(26-16-6-3-2-5-15(16)19)13-23-17(20)24-9-11-25(12-10-24)18-21-7-4-8-22-18/h2-8,14H,9-13H2,1H3,(H2,20,23). The van der Waals surface area contributed by atoms with E-state index in [4.69, 9.17) is 22.1 Å². The van der Waals surface area contributed by atoms with Crippen molar-refractivity contribution in [3.05, 3.63) is 47.7 Å². The fourth-order valence-electron chi connectivity index (χ4n) is 2.71. The maximum absolute atomic E-state index is 6.15. The molecule has 1 unspecified atom stereocenters. The number of hydrogen-bond acceptors (Lipinski definition) is 5. The third kappa shape index (κ3) is 4.76. The van der Waals surface area contributed by atoms with Crippen LogP contribution in [-0.4, -0.2) is 59.7 Å². The lowest BCUT2D eigenvalue weighted by Gasteiger charge is -2.35. The van der Waals surface area contributed by atoms with Crippen LogP contribution in [0.1, 0.15) is 6.92 Å². The average molecular weight is 375 g/mol. The highest BCUT2D eigenvalue weighted by Gasteiger charge is 2.20. The van der Waals surface area contributed by atoms with Gasteiger partial charge in [-0.2, -0.15) is 0 Å². The Morgan fingerprint density at radius 2 is 1.88 bits per heavy atom. The van der Waals surface area contributed by atoms with E-state index < -0.39 is 0 Å². The van der Waals surface area contributed by atoms with Crippen LogP contribution < -0.4 is 15.4 Å². The molecule has 0 spiro atoms. The van der Waals surface area contributed by atoms with Gasteiger partial charge in [0.05, 0.1) is 11.6 Å². The zero-order chi connectivity index (χ0) is 18.4. The van der Waals surface area contributed by atoms with Gasteiger partial charge in [0.25, 0.3) is 0 Å². The van der Waals surface area contributed by atoms with Crippen LogP contribution in [0.4, 0.5) is 5.95 Å². The summed E-state index contributed by atoms with van der Waals surface area (Å²) in [5, 5.41) is 0.593. The Hall–Kier alpha value is -2.54. The summed E-state index contributed by atoms with van der Waals surface area (Å²) in [6, 6.07) is 9.22. The average Bonchev–Trinajstić information content (AvgIpc) is 2.69. The molecule has 1 aliphatic rings.